The summed E-state index contributed by atoms with van der Waals surface area (Å²) in [4.78, 5) is 16.5. The quantitative estimate of drug-likeness (QED) is 0.525. The van der Waals surface area contributed by atoms with E-state index in [1.165, 1.54) is 77.3 Å². The van der Waals surface area contributed by atoms with E-state index in [1.807, 2.05) is 20.8 Å². The van der Waals surface area contributed by atoms with E-state index in [4.69, 9.17) is 0 Å². The van der Waals surface area contributed by atoms with Gasteiger partial charge in [0.05, 0.1) is 0 Å². The minimum absolute atomic E-state index is 0.182. The predicted molar refractivity (Wildman–Crippen MR) is 113 cm³/mol. The Morgan fingerprint density at radius 1 is 1.07 bits per heavy atom. The van der Waals surface area contributed by atoms with Crippen molar-refractivity contribution in [3.63, 3.8) is 0 Å². The van der Waals surface area contributed by atoms with E-state index < -0.39 is 6.09 Å². The maximum Gasteiger partial charge on any atom is 0.407 e. The highest BCUT2D eigenvalue weighted by Gasteiger charge is 2.39. The molecule has 1 heterocycles. The molecule has 3 atom stereocenters. The first-order valence-corrected chi connectivity index (χ1v) is 11.6. The molecule has 0 aromatic heterocycles. The molecule has 4 heteroatoms. The van der Waals surface area contributed by atoms with Crippen LogP contribution >= 0.6 is 0 Å². The number of piperidine rings is 1. The van der Waals surface area contributed by atoms with E-state index in [0.29, 0.717) is 5.92 Å². The van der Waals surface area contributed by atoms with Crippen molar-refractivity contribution >= 4 is 6.09 Å². The van der Waals surface area contributed by atoms with E-state index in [9.17, 15) is 9.90 Å². The van der Waals surface area contributed by atoms with Crippen LogP contribution in [0.25, 0.3) is 0 Å². The fourth-order valence-electron chi connectivity index (χ4n) is 5.41. The molecule has 1 saturated heterocycles. The number of carboxylic acid groups (broad SMARTS) is 1. The highest BCUT2D eigenvalue weighted by Crippen LogP contribution is 2.34. The molecule has 1 aliphatic carbocycles. The third-order valence-electron chi connectivity index (χ3n) is 6.69. The second-order valence-electron chi connectivity index (χ2n) is 10.1. The van der Waals surface area contributed by atoms with Gasteiger partial charge in [-0.05, 0) is 71.3 Å². The number of carbonyl (C=O) groups is 1. The Morgan fingerprint density at radius 2 is 1.81 bits per heavy atom. The summed E-state index contributed by atoms with van der Waals surface area (Å²) in [5, 5.41) is 9.88. The Balaban J connectivity index is 1.93. The largest absolute Gasteiger partial charge is 0.465 e. The Hall–Kier alpha value is -0.770. The second-order valence-corrected chi connectivity index (χ2v) is 10.1. The summed E-state index contributed by atoms with van der Waals surface area (Å²) in [6.07, 6.45) is 13.4. The molecule has 2 aliphatic rings. The van der Waals surface area contributed by atoms with Crippen LogP contribution in [0, 0.1) is 11.8 Å². The fraction of sp³-hybridized carbons (Fsp3) is 0.957. The molecule has 1 saturated carbocycles. The van der Waals surface area contributed by atoms with E-state index in [0.717, 1.165) is 18.9 Å². The molecule has 0 aromatic rings. The number of likely N-dealkylation sites (tertiary alicyclic amines) is 1. The molecular weight excluding hydrogens is 336 g/mol. The first-order chi connectivity index (χ1) is 12.8. The van der Waals surface area contributed by atoms with Gasteiger partial charge in [-0.1, -0.05) is 45.4 Å². The molecule has 0 radical (unpaired) electrons. The minimum Gasteiger partial charge on any atom is -0.465 e. The van der Waals surface area contributed by atoms with Gasteiger partial charge in [0.15, 0.2) is 0 Å². The molecule has 0 bridgehead atoms. The van der Waals surface area contributed by atoms with Crippen molar-refractivity contribution in [3.8, 4) is 0 Å². The molecular formula is C23H44N2O2. The van der Waals surface area contributed by atoms with Crippen LogP contribution in [0.5, 0.6) is 0 Å². The molecule has 4 nitrogen and oxygen atoms in total. The third kappa shape index (κ3) is 6.96. The van der Waals surface area contributed by atoms with E-state index in [2.05, 4.69) is 11.8 Å². The summed E-state index contributed by atoms with van der Waals surface area (Å²) in [5.41, 5.74) is -0.324. The molecule has 1 amide bonds. The van der Waals surface area contributed by atoms with Gasteiger partial charge in [0, 0.05) is 24.7 Å². The lowest BCUT2D eigenvalue weighted by atomic mass is 9.81. The van der Waals surface area contributed by atoms with Gasteiger partial charge in [0.1, 0.15) is 0 Å². The zero-order valence-electron chi connectivity index (χ0n) is 18.4. The van der Waals surface area contributed by atoms with Crippen LogP contribution in [0.4, 0.5) is 4.79 Å². The van der Waals surface area contributed by atoms with Crippen molar-refractivity contribution in [1.82, 2.24) is 9.80 Å². The lowest BCUT2D eigenvalue weighted by Crippen LogP contribution is -2.56. The third-order valence-corrected chi connectivity index (χ3v) is 6.69. The molecule has 2 fully saturated rings. The molecule has 0 spiro atoms. The summed E-state index contributed by atoms with van der Waals surface area (Å²) in [5.74, 6) is 1.35. The highest BCUT2D eigenvalue weighted by atomic mass is 16.4. The zero-order chi connectivity index (χ0) is 19.9. The van der Waals surface area contributed by atoms with Gasteiger partial charge in [-0.3, -0.25) is 0 Å². The molecule has 158 valence electrons. The average Bonchev–Trinajstić information content (AvgIpc) is 2.59. The predicted octanol–water partition coefficient (Wildman–Crippen LogP) is 6.01. The summed E-state index contributed by atoms with van der Waals surface area (Å²) >= 11 is 0. The fourth-order valence-corrected chi connectivity index (χ4v) is 5.41. The Bertz CT molecular complexity index is 446. The number of hydrogen-bond donors (Lipinski definition) is 1. The van der Waals surface area contributed by atoms with E-state index >= 15 is 0 Å². The standard InChI is InChI=1S/C23H44N2O2/c1-5-6-7-8-12-19-13-11-16-24(17-19)18-20-14-9-10-15-21(20)25(22(26)27)23(2,3)4/h19-21H,5-18H2,1-4H3,(H,26,27)/t19?,20-,21+/m0/s1. The Kier molecular flexibility index (Phi) is 8.91. The van der Waals surface area contributed by atoms with Crippen LogP contribution < -0.4 is 0 Å². The van der Waals surface area contributed by atoms with Crippen LogP contribution in [-0.2, 0) is 0 Å². The summed E-state index contributed by atoms with van der Waals surface area (Å²) in [7, 11) is 0. The van der Waals surface area contributed by atoms with Crippen molar-refractivity contribution in [2.75, 3.05) is 19.6 Å². The molecule has 1 aliphatic heterocycles. The smallest absolute Gasteiger partial charge is 0.407 e. The maximum atomic E-state index is 12.0. The summed E-state index contributed by atoms with van der Waals surface area (Å²) in [6.45, 7) is 11.9. The highest BCUT2D eigenvalue weighted by molar-refractivity contribution is 5.66. The average molecular weight is 381 g/mol. The van der Waals surface area contributed by atoms with Gasteiger partial charge in [-0.2, -0.15) is 0 Å². The van der Waals surface area contributed by atoms with Gasteiger partial charge in [-0.25, -0.2) is 4.79 Å². The first kappa shape index (κ1) is 22.5. The molecule has 2 rings (SSSR count). The second kappa shape index (κ2) is 10.7. The van der Waals surface area contributed by atoms with Crippen molar-refractivity contribution < 1.29 is 9.90 Å². The van der Waals surface area contributed by atoms with Crippen LogP contribution in [0.1, 0.15) is 98.3 Å². The first-order valence-electron chi connectivity index (χ1n) is 11.6. The Labute approximate surface area is 167 Å². The van der Waals surface area contributed by atoms with Gasteiger partial charge in [-0.15, -0.1) is 0 Å². The summed E-state index contributed by atoms with van der Waals surface area (Å²) in [6, 6.07) is 0.182. The van der Waals surface area contributed by atoms with E-state index in [1.54, 1.807) is 4.90 Å². The number of amides is 1. The van der Waals surface area contributed by atoms with Gasteiger partial charge in [0.25, 0.3) is 0 Å². The zero-order valence-corrected chi connectivity index (χ0v) is 18.4. The Morgan fingerprint density at radius 3 is 2.48 bits per heavy atom. The normalized spacial score (nSPS) is 27.5. The van der Waals surface area contributed by atoms with Crippen molar-refractivity contribution in [1.29, 1.82) is 0 Å². The number of rotatable bonds is 8. The lowest BCUT2D eigenvalue weighted by molar-refractivity contribution is 0.0173. The van der Waals surface area contributed by atoms with Crippen molar-refractivity contribution in [3.05, 3.63) is 0 Å². The number of nitrogens with zero attached hydrogens (tertiary/aromatic N) is 2. The van der Waals surface area contributed by atoms with Crippen LogP contribution in [0.3, 0.4) is 0 Å². The van der Waals surface area contributed by atoms with Crippen LogP contribution in [0.2, 0.25) is 0 Å². The topological polar surface area (TPSA) is 43.8 Å². The van der Waals surface area contributed by atoms with Gasteiger partial charge >= 0.3 is 6.09 Å². The lowest BCUT2D eigenvalue weighted by Gasteiger charge is -2.47. The maximum absolute atomic E-state index is 12.0. The molecule has 27 heavy (non-hydrogen) atoms. The molecule has 1 unspecified atom stereocenters. The molecule has 1 N–H and O–H groups in total. The van der Waals surface area contributed by atoms with E-state index in [-0.39, 0.29) is 11.6 Å². The molecule has 0 aromatic carbocycles. The SMILES string of the molecule is CCCCCCC1CCCN(C[C@@H]2CCCC[C@H]2N(C(=O)O)C(C)(C)C)C1. The van der Waals surface area contributed by atoms with Gasteiger partial charge < -0.3 is 14.9 Å². The summed E-state index contributed by atoms with van der Waals surface area (Å²) < 4.78 is 0. The monoisotopic (exact) mass is 380 g/mol. The van der Waals surface area contributed by atoms with Crippen LogP contribution in [0.15, 0.2) is 0 Å². The number of hydrogen-bond acceptors (Lipinski definition) is 2. The number of unbranched alkanes of at least 4 members (excludes halogenated alkanes) is 3. The van der Waals surface area contributed by atoms with Crippen molar-refractivity contribution in [2.45, 2.75) is 110 Å². The van der Waals surface area contributed by atoms with Gasteiger partial charge in [0.2, 0.25) is 0 Å². The van der Waals surface area contributed by atoms with Crippen molar-refractivity contribution in [2.24, 2.45) is 11.8 Å². The van der Waals surface area contributed by atoms with Crippen LogP contribution in [-0.4, -0.2) is 52.2 Å². The minimum atomic E-state index is -0.744.